The quantitative estimate of drug-likeness (QED) is 0.621. The minimum Gasteiger partial charge on any atom is -0.432 e. The molecule has 6 heteroatoms. The first-order valence-electron chi connectivity index (χ1n) is 4.37. The molecule has 0 saturated heterocycles. The molecule has 2 rings (SSSR count). The Balaban J connectivity index is 2.39. The number of carbonyl (C=O) groups is 1. The van der Waals surface area contributed by atoms with E-state index in [0.717, 1.165) is 0 Å². The van der Waals surface area contributed by atoms with E-state index in [-0.39, 0.29) is 5.89 Å². The Morgan fingerprint density at radius 1 is 1.44 bits per heavy atom. The Labute approximate surface area is 95.6 Å². The fourth-order valence-corrected chi connectivity index (χ4v) is 1.44. The topological polar surface area (TPSA) is 75.4 Å². The van der Waals surface area contributed by atoms with Gasteiger partial charge in [-0.3, -0.25) is 10.0 Å². The molecule has 0 bridgehead atoms. The van der Waals surface area contributed by atoms with Crippen LogP contribution in [-0.2, 0) is 0 Å². The molecule has 2 N–H and O–H groups in total. The van der Waals surface area contributed by atoms with Crippen LogP contribution in [0, 0.1) is 0 Å². The van der Waals surface area contributed by atoms with Crippen molar-refractivity contribution in [3.05, 3.63) is 41.4 Å². The molecule has 0 aliphatic heterocycles. The van der Waals surface area contributed by atoms with E-state index in [4.69, 9.17) is 21.2 Å². The zero-order valence-corrected chi connectivity index (χ0v) is 8.73. The van der Waals surface area contributed by atoms with Crippen LogP contribution in [0.2, 0.25) is 5.02 Å². The van der Waals surface area contributed by atoms with E-state index < -0.39 is 5.91 Å². The fourth-order valence-electron chi connectivity index (χ4n) is 1.21. The number of aromatic nitrogens is 1. The van der Waals surface area contributed by atoms with Gasteiger partial charge in [-0.2, -0.15) is 0 Å². The van der Waals surface area contributed by atoms with Gasteiger partial charge in [0.2, 0.25) is 0 Å². The lowest BCUT2D eigenvalue weighted by Gasteiger charge is -1.98. The normalized spacial score (nSPS) is 10.1. The average molecular weight is 239 g/mol. The number of carbonyl (C=O) groups excluding carboxylic acids is 1. The first kappa shape index (κ1) is 10.7. The summed E-state index contributed by atoms with van der Waals surface area (Å²) >= 11 is 5.94. The summed E-state index contributed by atoms with van der Waals surface area (Å²) in [6.07, 6.45) is 1.37. The highest BCUT2D eigenvalue weighted by molar-refractivity contribution is 6.33. The number of rotatable bonds is 2. The van der Waals surface area contributed by atoms with Gasteiger partial charge in [0.15, 0.2) is 5.76 Å². The highest BCUT2D eigenvalue weighted by Gasteiger charge is 2.14. The van der Waals surface area contributed by atoms with Crippen LogP contribution in [0.3, 0.4) is 0 Å². The number of amides is 1. The second kappa shape index (κ2) is 4.34. The highest BCUT2D eigenvalue weighted by Crippen LogP contribution is 2.27. The summed E-state index contributed by atoms with van der Waals surface area (Å²) in [6.45, 7) is 0. The van der Waals surface area contributed by atoms with Gasteiger partial charge in [-0.1, -0.05) is 23.7 Å². The number of hydrogen-bond acceptors (Lipinski definition) is 4. The van der Waals surface area contributed by atoms with Gasteiger partial charge in [0.25, 0.3) is 5.89 Å². The molecule has 0 spiro atoms. The Kier molecular flexibility index (Phi) is 2.89. The largest absolute Gasteiger partial charge is 0.432 e. The summed E-state index contributed by atoms with van der Waals surface area (Å²) in [5, 5.41) is 8.89. The second-order valence-corrected chi connectivity index (χ2v) is 3.36. The third-order valence-corrected chi connectivity index (χ3v) is 2.27. The van der Waals surface area contributed by atoms with Crippen LogP contribution in [0.5, 0.6) is 0 Å². The number of hydroxylamine groups is 1. The van der Waals surface area contributed by atoms with Crippen LogP contribution in [-0.4, -0.2) is 16.1 Å². The Hall–Kier alpha value is -1.85. The van der Waals surface area contributed by atoms with Gasteiger partial charge in [-0.25, -0.2) is 10.5 Å². The summed E-state index contributed by atoms with van der Waals surface area (Å²) < 4.78 is 5.14. The molecular weight excluding hydrogens is 232 g/mol. The molecule has 82 valence electrons. The lowest BCUT2D eigenvalue weighted by Crippen LogP contribution is -2.18. The molecule has 0 atom stereocenters. The SMILES string of the molecule is O=C(NO)c1ncc(-c2ccccc2Cl)o1. The monoisotopic (exact) mass is 238 g/mol. The van der Waals surface area contributed by atoms with E-state index >= 15 is 0 Å². The van der Waals surface area contributed by atoms with Gasteiger partial charge in [0, 0.05) is 5.56 Å². The average Bonchev–Trinajstić information content (AvgIpc) is 2.78. The number of nitrogens with zero attached hydrogens (tertiary/aromatic N) is 1. The van der Waals surface area contributed by atoms with Gasteiger partial charge < -0.3 is 4.42 Å². The molecule has 5 nitrogen and oxygen atoms in total. The van der Waals surface area contributed by atoms with Crippen molar-refractivity contribution < 1.29 is 14.4 Å². The number of halogens is 1. The summed E-state index contributed by atoms with van der Waals surface area (Å²) in [5.74, 6) is -0.667. The lowest BCUT2D eigenvalue weighted by atomic mass is 10.2. The van der Waals surface area contributed by atoms with E-state index in [1.165, 1.54) is 11.7 Å². The Morgan fingerprint density at radius 2 is 2.19 bits per heavy atom. The van der Waals surface area contributed by atoms with E-state index in [9.17, 15) is 4.79 Å². The Morgan fingerprint density at radius 3 is 2.88 bits per heavy atom. The maximum atomic E-state index is 11.0. The molecule has 1 aromatic carbocycles. The van der Waals surface area contributed by atoms with Crippen LogP contribution >= 0.6 is 11.6 Å². The molecule has 1 heterocycles. The predicted molar refractivity (Wildman–Crippen MR) is 56.2 cm³/mol. The number of nitrogens with one attached hydrogen (secondary N) is 1. The molecule has 0 aliphatic rings. The van der Waals surface area contributed by atoms with Crippen molar-refractivity contribution in [2.75, 3.05) is 0 Å². The van der Waals surface area contributed by atoms with E-state index in [2.05, 4.69) is 4.98 Å². The van der Waals surface area contributed by atoms with Gasteiger partial charge in [0.05, 0.1) is 11.2 Å². The predicted octanol–water partition coefficient (Wildman–Crippen LogP) is 2.11. The van der Waals surface area contributed by atoms with Crippen LogP contribution in [0.4, 0.5) is 0 Å². The van der Waals surface area contributed by atoms with Crippen LogP contribution in [0.25, 0.3) is 11.3 Å². The van der Waals surface area contributed by atoms with Crippen molar-refractivity contribution in [3.8, 4) is 11.3 Å². The van der Waals surface area contributed by atoms with Crippen LogP contribution in [0.1, 0.15) is 10.7 Å². The van der Waals surface area contributed by atoms with Crippen LogP contribution in [0.15, 0.2) is 34.9 Å². The highest BCUT2D eigenvalue weighted by atomic mass is 35.5. The molecule has 0 fully saturated rings. The van der Waals surface area contributed by atoms with Crippen molar-refractivity contribution in [1.29, 1.82) is 0 Å². The third-order valence-electron chi connectivity index (χ3n) is 1.94. The molecular formula is C10H7ClN2O3. The first-order chi connectivity index (χ1) is 7.72. The molecule has 1 aromatic heterocycles. The zero-order valence-electron chi connectivity index (χ0n) is 7.98. The van der Waals surface area contributed by atoms with E-state index in [0.29, 0.717) is 16.3 Å². The molecule has 0 aliphatic carbocycles. The minimum atomic E-state index is -0.807. The molecule has 0 radical (unpaired) electrons. The number of oxazole rings is 1. The smallest absolute Gasteiger partial charge is 0.330 e. The summed E-state index contributed by atoms with van der Waals surface area (Å²) in [7, 11) is 0. The van der Waals surface area contributed by atoms with E-state index in [1.54, 1.807) is 24.3 Å². The summed E-state index contributed by atoms with van der Waals surface area (Å²) in [4.78, 5) is 14.7. The molecule has 2 aromatic rings. The minimum absolute atomic E-state index is 0.225. The molecule has 1 amide bonds. The molecule has 16 heavy (non-hydrogen) atoms. The van der Waals surface area contributed by atoms with Crippen molar-refractivity contribution in [2.24, 2.45) is 0 Å². The first-order valence-corrected chi connectivity index (χ1v) is 4.75. The summed E-state index contributed by atoms with van der Waals surface area (Å²) in [6, 6.07) is 7.01. The fraction of sp³-hybridized carbons (Fsp3) is 0. The summed E-state index contributed by atoms with van der Waals surface area (Å²) in [5.41, 5.74) is 2.07. The Bertz CT molecular complexity index is 524. The van der Waals surface area contributed by atoms with Gasteiger partial charge in [-0.15, -0.1) is 0 Å². The van der Waals surface area contributed by atoms with Crippen molar-refractivity contribution in [2.45, 2.75) is 0 Å². The van der Waals surface area contributed by atoms with Crippen molar-refractivity contribution >= 4 is 17.5 Å². The van der Waals surface area contributed by atoms with Gasteiger partial charge in [-0.05, 0) is 12.1 Å². The van der Waals surface area contributed by atoms with Gasteiger partial charge in [0.1, 0.15) is 0 Å². The van der Waals surface area contributed by atoms with E-state index in [1.807, 2.05) is 0 Å². The molecule has 0 saturated carbocycles. The molecule has 0 unspecified atom stereocenters. The lowest BCUT2D eigenvalue weighted by molar-refractivity contribution is 0.0669. The standard InChI is InChI=1S/C10H7ClN2O3/c11-7-4-2-1-3-6(7)8-5-12-10(16-8)9(14)13-15/h1-5,15H,(H,13,14). The third kappa shape index (κ3) is 1.91. The van der Waals surface area contributed by atoms with Crippen molar-refractivity contribution in [3.63, 3.8) is 0 Å². The van der Waals surface area contributed by atoms with Crippen LogP contribution < -0.4 is 5.48 Å². The zero-order chi connectivity index (χ0) is 11.5. The second-order valence-electron chi connectivity index (χ2n) is 2.95. The maximum Gasteiger partial charge on any atom is 0.330 e. The van der Waals surface area contributed by atoms with Crippen molar-refractivity contribution in [1.82, 2.24) is 10.5 Å². The van der Waals surface area contributed by atoms with Gasteiger partial charge >= 0.3 is 5.91 Å². The number of benzene rings is 1. The number of hydrogen-bond donors (Lipinski definition) is 2. The maximum absolute atomic E-state index is 11.0.